The first-order valence-corrected chi connectivity index (χ1v) is 12.8. The van der Waals surface area contributed by atoms with Crippen LogP contribution in [0.1, 0.15) is 24.2 Å². The van der Waals surface area contributed by atoms with Crippen molar-refractivity contribution in [2.24, 2.45) is 5.92 Å². The maximum atomic E-state index is 12.9. The van der Waals surface area contributed by atoms with Gasteiger partial charge in [-0.3, -0.25) is 4.79 Å². The summed E-state index contributed by atoms with van der Waals surface area (Å²) in [7, 11) is 0. The molecule has 174 valence electrons. The fourth-order valence-electron chi connectivity index (χ4n) is 4.64. The van der Waals surface area contributed by atoms with E-state index in [-0.39, 0.29) is 11.8 Å². The molecule has 1 aliphatic rings. The third-order valence-electron chi connectivity index (χ3n) is 6.49. The average molecular weight is 473 g/mol. The molecule has 8 heteroatoms. The molecule has 0 bridgehead atoms. The SMILES string of the molecule is CSc1cccc(NC(=O)C2CCN(c3nnc(C)c4c(C)n(-c5ccccc5)nc34)CC2)c1. The Morgan fingerprint density at radius 2 is 1.79 bits per heavy atom. The van der Waals surface area contributed by atoms with Crippen molar-refractivity contribution in [3.05, 3.63) is 66.0 Å². The van der Waals surface area contributed by atoms with Gasteiger partial charge < -0.3 is 10.2 Å². The highest BCUT2D eigenvalue weighted by atomic mass is 32.2. The molecule has 0 spiro atoms. The Balaban J connectivity index is 1.35. The summed E-state index contributed by atoms with van der Waals surface area (Å²) in [6.45, 7) is 5.54. The van der Waals surface area contributed by atoms with Gasteiger partial charge in [-0.2, -0.15) is 10.2 Å². The molecular formula is C26H28N6OS. The van der Waals surface area contributed by atoms with Crippen LogP contribution in [0.2, 0.25) is 0 Å². The molecule has 1 fully saturated rings. The van der Waals surface area contributed by atoms with Gasteiger partial charge in [0, 0.05) is 29.6 Å². The number of aromatic nitrogens is 4. The second-order valence-electron chi connectivity index (χ2n) is 8.65. The molecule has 1 aliphatic heterocycles. The minimum absolute atomic E-state index is 0.0216. The fraction of sp³-hybridized carbons (Fsp3) is 0.308. The Labute approximate surface area is 203 Å². The van der Waals surface area contributed by atoms with E-state index in [4.69, 9.17) is 5.10 Å². The molecule has 1 amide bonds. The van der Waals surface area contributed by atoms with E-state index in [0.29, 0.717) is 0 Å². The second-order valence-corrected chi connectivity index (χ2v) is 9.53. The summed E-state index contributed by atoms with van der Waals surface area (Å²) in [5.74, 6) is 0.860. The van der Waals surface area contributed by atoms with Gasteiger partial charge in [-0.05, 0) is 63.3 Å². The number of benzene rings is 2. The van der Waals surface area contributed by atoms with E-state index in [1.807, 2.05) is 72.5 Å². The standard InChI is InChI=1S/C26H28N6OS/c1-17-23-18(2)32(21-9-5-4-6-10-21)30-24(23)25(29-28-17)31-14-12-19(13-15-31)26(33)27-20-8-7-11-22(16-20)34-3/h4-11,16,19H,12-15H2,1-3H3,(H,27,33). The number of anilines is 2. The number of fused-ring (bicyclic) bond motifs is 1. The zero-order valence-electron chi connectivity index (χ0n) is 19.7. The van der Waals surface area contributed by atoms with Crippen molar-refractivity contribution < 1.29 is 4.79 Å². The summed E-state index contributed by atoms with van der Waals surface area (Å²) in [4.78, 5) is 16.2. The van der Waals surface area contributed by atoms with Crippen LogP contribution < -0.4 is 10.2 Å². The van der Waals surface area contributed by atoms with Crippen LogP contribution in [0.5, 0.6) is 0 Å². The number of hydrogen-bond donors (Lipinski definition) is 1. The molecule has 1 saturated heterocycles. The first-order chi connectivity index (χ1) is 16.5. The first-order valence-electron chi connectivity index (χ1n) is 11.5. The molecule has 1 N–H and O–H groups in total. The van der Waals surface area contributed by atoms with Gasteiger partial charge in [0.2, 0.25) is 5.91 Å². The van der Waals surface area contributed by atoms with E-state index in [9.17, 15) is 4.79 Å². The highest BCUT2D eigenvalue weighted by Crippen LogP contribution is 2.32. The monoisotopic (exact) mass is 472 g/mol. The molecule has 0 radical (unpaired) electrons. The predicted octanol–water partition coefficient (Wildman–Crippen LogP) is 5.01. The maximum Gasteiger partial charge on any atom is 0.227 e. The lowest BCUT2D eigenvalue weighted by Gasteiger charge is -2.32. The van der Waals surface area contributed by atoms with Crippen LogP contribution in [0.3, 0.4) is 0 Å². The van der Waals surface area contributed by atoms with E-state index in [1.54, 1.807) is 11.8 Å². The van der Waals surface area contributed by atoms with E-state index in [1.165, 1.54) is 0 Å². The number of carbonyl (C=O) groups excluding carboxylic acids is 1. The Kier molecular flexibility index (Phi) is 6.24. The van der Waals surface area contributed by atoms with E-state index < -0.39 is 0 Å². The molecule has 0 atom stereocenters. The second kappa shape index (κ2) is 9.46. The number of nitrogens with one attached hydrogen (secondary N) is 1. The van der Waals surface area contributed by atoms with Gasteiger partial charge >= 0.3 is 0 Å². The van der Waals surface area contributed by atoms with E-state index in [2.05, 4.69) is 27.3 Å². The lowest BCUT2D eigenvalue weighted by molar-refractivity contribution is -0.120. The van der Waals surface area contributed by atoms with Crippen LogP contribution in [-0.2, 0) is 4.79 Å². The zero-order valence-corrected chi connectivity index (χ0v) is 20.5. The highest BCUT2D eigenvalue weighted by Gasteiger charge is 2.28. The van der Waals surface area contributed by atoms with Crippen molar-refractivity contribution in [2.75, 3.05) is 29.6 Å². The number of carbonyl (C=O) groups is 1. The zero-order chi connectivity index (χ0) is 23.7. The quantitative estimate of drug-likeness (QED) is 0.412. The fourth-order valence-corrected chi connectivity index (χ4v) is 5.10. The number of piperidine rings is 1. The molecule has 0 aliphatic carbocycles. The van der Waals surface area contributed by atoms with Crippen LogP contribution in [0.4, 0.5) is 11.5 Å². The third kappa shape index (κ3) is 4.25. The average Bonchev–Trinajstić information content (AvgIpc) is 3.23. The van der Waals surface area contributed by atoms with Crippen molar-refractivity contribution in [2.45, 2.75) is 31.6 Å². The van der Waals surface area contributed by atoms with E-state index >= 15 is 0 Å². The summed E-state index contributed by atoms with van der Waals surface area (Å²) < 4.78 is 1.97. The molecule has 5 rings (SSSR count). The van der Waals surface area contributed by atoms with Crippen molar-refractivity contribution >= 4 is 40.1 Å². The molecular weight excluding hydrogens is 444 g/mol. The summed E-state index contributed by atoms with van der Waals surface area (Å²) in [6.07, 6.45) is 3.57. The van der Waals surface area contributed by atoms with Crippen LogP contribution in [0.15, 0.2) is 59.5 Å². The number of amides is 1. The van der Waals surface area contributed by atoms with Crippen molar-refractivity contribution in [3.8, 4) is 5.69 Å². The van der Waals surface area contributed by atoms with Gasteiger partial charge in [0.15, 0.2) is 5.82 Å². The smallest absolute Gasteiger partial charge is 0.227 e. The lowest BCUT2D eigenvalue weighted by Crippen LogP contribution is -2.38. The third-order valence-corrected chi connectivity index (χ3v) is 7.21. The molecule has 34 heavy (non-hydrogen) atoms. The largest absolute Gasteiger partial charge is 0.353 e. The van der Waals surface area contributed by atoms with Gasteiger partial charge in [-0.15, -0.1) is 16.9 Å². The molecule has 0 unspecified atom stereocenters. The van der Waals surface area contributed by atoms with Crippen molar-refractivity contribution in [1.29, 1.82) is 0 Å². The minimum Gasteiger partial charge on any atom is -0.353 e. The number of para-hydroxylation sites is 1. The molecule has 2 aromatic heterocycles. The Morgan fingerprint density at radius 3 is 2.53 bits per heavy atom. The van der Waals surface area contributed by atoms with Gasteiger partial charge in [0.05, 0.1) is 22.5 Å². The van der Waals surface area contributed by atoms with Crippen LogP contribution in [0.25, 0.3) is 16.6 Å². The van der Waals surface area contributed by atoms with Crippen molar-refractivity contribution in [3.63, 3.8) is 0 Å². The number of nitrogens with zero attached hydrogens (tertiary/aromatic N) is 5. The normalized spacial score (nSPS) is 14.5. The molecule has 4 aromatic rings. The lowest BCUT2D eigenvalue weighted by atomic mass is 9.95. The molecule has 7 nitrogen and oxygen atoms in total. The van der Waals surface area contributed by atoms with Crippen LogP contribution >= 0.6 is 11.8 Å². The Morgan fingerprint density at radius 1 is 1.03 bits per heavy atom. The van der Waals surface area contributed by atoms with Gasteiger partial charge in [0.1, 0.15) is 5.52 Å². The summed E-state index contributed by atoms with van der Waals surface area (Å²) in [5, 5.41) is 18.1. The summed E-state index contributed by atoms with van der Waals surface area (Å²) >= 11 is 1.67. The van der Waals surface area contributed by atoms with Gasteiger partial charge in [-0.1, -0.05) is 24.3 Å². The summed E-state index contributed by atoms with van der Waals surface area (Å²) in [5.41, 5.74) is 4.66. The Hall–Kier alpha value is -3.39. The predicted molar refractivity (Wildman–Crippen MR) is 138 cm³/mol. The number of hydrogen-bond acceptors (Lipinski definition) is 6. The summed E-state index contributed by atoms with van der Waals surface area (Å²) in [6, 6.07) is 18.1. The molecule has 0 saturated carbocycles. The molecule has 2 aromatic carbocycles. The van der Waals surface area contributed by atoms with Crippen molar-refractivity contribution in [1.82, 2.24) is 20.0 Å². The topological polar surface area (TPSA) is 75.9 Å². The highest BCUT2D eigenvalue weighted by molar-refractivity contribution is 7.98. The first kappa shape index (κ1) is 22.4. The minimum atomic E-state index is -0.0216. The van der Waals surface area contributed by atoms with Gasteiger partial charge in [-0.25, -0.2) is 4.68 Å². The van der Waals surface area contributed by atoms with Crippen LogP contribution in [-0.4, -0.2) is 45.2 Å². The maximum absolute atomic E-state index is 12.9. The van der Waals surface area contributed by atoms with Gasteiger partial charge in [0.25, 0.3) is 0 Å². The van der Waals surface area contributed by atoms with Crippen LogP contribution in [0, 0.1) is 19.8 Å². The number of aryl methyl sites for hydroxylation is 2. The van der Waals surface area contributed by atoms with E-state index in [0.717, 1.165) is 70.3 Å². The number of rotatable bonds is 5. The Bertz CT molecular complexity index is 1330. The number of thioether (sulfide) groups is 1. The molecule has 3 heterocycles.